The van der Waals surface area contributed by atoms with Gasteiger partial charge in [-0.05, 0) is 61.6 Å². The molecule has 1 aromatic carbocycles. The molecule has 1 aliphatic rings. The largest absolute Gasteiger partial charge is 0.497 e. The zero-order chi connectivity index (χ0) is 26.6. The summed E-state index contributed by atoms with van der Waals surface area (Å²) in [5.74, 6) is -1.89. The summed E-state index contributed by atoms with van der Waals surface area (Å²) in [6, 6.07) is 7.44. The molecule has 1 aromatic rings. The SMILES string of the molecule is CCCCC(F)(F)C(C)CC[C@H]1[C@H](C)CC(=O)[C@@H]1CCCCCCC(=O)OCc1ccc(OC)cc1. The molecule has 2 rings (SSSR count). The Kier molecular flexibility index (Phi) is 12.9. The second-order valence-corrected chi connectivity index (χ2v) is 10.7. The number of alkyl halides is 2. The van der Waals surface area contributed by atoms with E-state index in [0.29, 0.717) is 37.9 Å². The van der Waals surface area contributed by atoms with Crippen LogP contribution < -0.4 is 4.74 Å². The first kappa shape index (κ1) is 30.2. The van der Waals surface area contributed by atoms with Crippen LogP contribution in [0, 0.1) is 23.7 Å². The Hall–Kier alpha value is -1.98. The van der Waals surface area contributed by atoms with Crippen molar-refractivity contribution in [3.8, 4) is 5.75 Å². The summed E-state index contributed by atoms with van der Waals surface area (Å²) in [5, 5.41) is 0. The van der Waals surface area contributed by atoms with Gasteiger partial charge in [-0.25, -0.2) is 8.78 Å². The minimum absolute atomic E-state index is 0.00549. The molecule has 1 aliphatic carbocycles. The predicted octanol–water partition coefficient (Wildman–Crippen LogP) is 8.16. The van der Waals surface area contributed by atoms with Crippen LogP contribution in [0.25, 0.3) is 0 Å². The number of ether oxygens (including phenoxy) is 2. The van der Waals surface area contributed by atoms with E-state index in [0.717, 1.165) is 49.8 Å². The van der Waals surface area contributed by atoms with Gasteiger partial charge in [-0.15, -0.1) is 0 Å². The highest BCUT2D eigenvalue weighted by Crippen LogP contribution is 2.42. The van der Waals surface area contributed by atoms with Crippen LogP contribution in [0.1, 0.15) is 103 Å². The molecule has 204 valence electrons. The van der Waals surface area contributed by atoms with Gasteiger partial charge in [0, 0.05) is 31.1 Å². The Morgan fingerprint density at radius 2 is 1.78 bits per heavy atom. The van der Waals surface area contributed by atoms with Gasteiger partial charge in [-0.3, -0.25) is 9.59 Å². The van der Waals surface area contributed by atoms with Crippen LogP contribution >= 0.6 is 0 Å². The molecule has 4 nitrogen and oxygen atoms in total. The quantitative estimate of drug-likeness (QED) is 0.157. The lowest BCUT2D eigenvalue weighted by molar-refractivity contribution is -0.145. The fraction of sp³-hybridized carbons (Fsp3) is 0.733. The van der Waals surface area contributed by atoms with E-state index < -0.39 is 11.8 Å². The average Bonchev–Trinajstić information content (AvgIpc) is 3.13. The molecule has 36 heavy (non-hydrogen) atoms. The average molecular weight is 509 g/mol. The predicted molar refractivity (Wildman–Crippen MR) is 139 cm³/mol. The lowest BCUT2D eigenvalue weighted by Crippen LogP contribution is -2.27. The summed E-state index contributed by atoms with van der Waals surface area (Å²) >= 11 is 0. The Morgan fingerprint density at radius 1 is 1.08 bits per heavy atom. The monoisotopic (exact) mass is 508 g/mol. The summed E-state index contributed by atoms with van der Waals surface area (Å²) in [5.41, 5.74) is 0.924. The molecule has 4 atom stereocenters. The maximum Gasteiger partial charge on any atom is 0.306 e. The maximum atomic E-state index is 14.4. The highest BCUT2D eigenvalue weighted by atomic mass is 19.3. The molecule has 0 spiro atoms. The van der Waals surface area contributed by atoms with Gasteiger partial charge in [0.25, 0.3) is 5.92 Å². The number of carbonyl (C=O) groups excluding carboxylic acids is 2. The van der Waals surface area contributed by atoms with Crippen molar-refractivity contribution in [3.05, 3.63) is 29.8 Å². The fourth-order valence-electron chi connectivity index (χ4n) is 5.37. The third kappa shape index (κ3) is 9.82. The number of hydrogen-bond acceptors (Lipinski definition) is 4. The summed E-state index contributed by atoms with van der Waals surface area (Å²) < 4.78 is 39.2. The first-order valence-electron chi connectivity index (χ1n) is 13.9. The summed E-state index contributed by atoms with van der Waals surface area (Å²) in [4.78, 5) is 24.6. The van der Waals surface area contributed by atoms with Crippen LogP contribution in [0.2, 0.25) is 0 Å². The van der Waals surface area contributed by atoms with Gasteiger partial charge >= 0.3 is 5.97 Å². The minimum atomic E-state index is -2.62. The van der Waals surface area contributed by atoms with Crippen molar-refractivity contribution in [2.75, 3.05) is 7.11 Å². The molecule has 0 amide bonds. The van der Waals surface area contributed by atoms with Gasteiger partial charge in [0.15, 0.2) is 0 Å². The van der Waals surface area contributed by atoms with E-state index in [1.807, 2.05) is 31.2 Å². The Morgan fingerprint density at radius 3 is 2.44 bits per heavy atom. The second-order valence-electron chi connectivity index (χ2n) is 10.7. The zero-order valence-electron chi connectivity index (χ0n) is 22.7. The molecule has 0 N–H and O–H groups in total. The normalized spacial score (nSPS) is 20.9. The lowest BCUT2D eigenvalue weighted by atomic mass is 9.80. The number of carbonyl (C=O) groups is 2. The number of rotatable bonds is 17. The molecule has 0 aliphatic heterocycles. The van der Waals surface area contributed by atoms with Gasteiger partial charge in [0.1, 0.15) is 18.1 Å². The third-order valence-electron chi connectivity index (χ3n) is 7.91. The minimum Gasteiger partial charge on any atom is -0.497 e. The van der Waals surface area contributed by atoms with Crippen LogP contribution in [-0.4, -0.2) is 24.8 Å². The van der Waals surface area contributed by atoms with Crippen molar-refractivity contribution in [2.45, 2.75) is 110 Å². The first-order valence-corrected chi connectivity index (χ1v) is 13.9. The number of methoxy groups -OCH3 is 1. The van der Waals surface area contributed by atoms with Crippen molar-refractivity contribution < 1.29 is 27.8 Å². The molecule has 0 heterocycles. The van der Waals surface area contributed by atoms with Crippen molar-refractivity contribution in [1.29, 1.82) is 0 Å². The number of ketones is 1. The molecule has 1 saturated carbocycles. The zero-order valence-corrected chi connectivity index (χ0v) is 22.7. The number of benzene rings is 1. The van der Waals surface area contributed by atoms with E-state index in [-0.39, 0.29) is 36.8 Å². The maximum absolute atomic E-state index is 14.4. The molecular weight excluding hydrogens is 462 g/mol. The molecule has 0 aromatic heterocycles. The molecule has 1 unspecified atom stereocenters. The Labute approximate surface area is 216 Å². The number of unbranched alkanes of at least 4 members (excludes halogenated alkanes) is 4. The first-order chi connectivity index (χ1) is 17.2. The van der Waals surface area contributed by atoms with Gasteiger partial charge in [0.2, 0.25) is 0 Å². The highest BCUT2D eigenvalue weighted by molar-refractivity contribution is 5.83. The molecule has 0 saturated heterocycles. The standard InChI is InChI=1S/C30H46F2O4/c1-5-6-19-30(31,32)23(3)13-18-26-22(2)20-28(33)27(26)11-9-7-8-10-12-29(34)36-21-24-14-16-25(35-4)17-15-24/h14-17,22-23,26-27H,5-13,18-21H2,1-4H3/t22-,23?,26+,27-/m1/s1. The second kappa shape index (κ2) is 15.3. The Balaban J connectivity index is 1.64. The number of Topliss-reactive ketones (excluding diaryl/α,β-unsaturated/α-hetero) is 1. The topological polar surface area (TPSA) is 52.6 Å². The van der Waals surface area contributed by atoms with Crippen molar-refractivity contribution in [1.82, 2.24) is 0 Å². The van der Waals surface area contributed by atoms with E-state index in [1.165, 1.54) is 0 Å². The molecule has 1 fully saturated rings. The van der Waals surface area contributed by atoms with Crippen LogP contribution in [0.15, 0.2) is 24.3 Å². The van der Waals surface area contributed by atoms with Gasteiger partial charge in [0.05, 0.1) is 7.11 Å². The molecular formula is C30H46F2O4. The lowest BCUT2D eigenvalue weighted by Gasteiger charge is -2.27. The van der Waals surface area contributed by atoms with Gasteiger partial charge in [-0.1, -0.05) is 58.6 Å². The van der Waals surface area contributed by atoms with Crippen molar-refractivity contribution in [2.24, 2.45) is 23.7 Å². The summed E-state index contributed by atoms with van der Waals surface area (Å²) in [6.45, 7) is 5.95. The third-order valence-corrected chi connectivity index (χ3v) is 7.91. The fourth-order valence-corrected chi connectivity index (χ4v) is 5.37. The van der Waals surface area contributed by atoms with E-state index in [4.69, 9.17) is 9.47 Å². The molecule has 6 heteroatoms. The smallest absolute Gasteiger partial charge is 0.306 e. The Bertz CT molecular complexity index is 793. The summed E-state index contributed by atoms with van der Waals surface area (Å²) in [7, 11) is 1.61. The molecule has 0 bridgehead atoms. The number of esters is 1. The van der Waals surface area contributed by atoms with Gasteiger partial charge in [-0.2, -0.15) is 0 Å². The van der Waals surface area contributed by atoms with Gasteiger partial charge < -0.3 is 9.47 Å². The highest BCUT2D eigenvalue weighted by Gasteiger charge is 2.41. The van der Waals surface area contributed by atoms with Crippen LogP contribution in [0.3, 0.4) is 0 Å². The van der Waals surface area contributed by atoms with E-state index in [1.54, 1.807) is 14.0 Å². The molecule has 0 radical (unpaired) electrons. The van der Waals surface area contributed by atoms with E-state index >= 15 is 0 Å². The van der Waals surface area contributed by atoms with E-state index in [2.05, 4.69) is 6.92 Å². The van der Waals surface area contributed by atoms with Crippen molar-refractivity contribution in [3.63, 3.8) is 0 Å². The number of halogens is 2. The van der Waals surface area contributed by atoms with Crippen LogP contribution in [0.5, 0.6) is 5.75 Å². The summed E-state index contributed by atoms with van der Waals surface area (Å²) in [6.07, 6.45) is 7.86. The van der Waals surface area contributed by atoms with Crippen LogP contribution in [-0.2, 0) is 20.9 Å². The van der Waals surface area contributed by atoms with E-state index in [9.17, 15) is 18.4 Å². The van der Waals surface area contributed by atoms with Crippen LogP contribution in [0.4, 0.5) is 8.78 Å². The number of hydrogen-bond donors (Lipinski definition) is 0. The van der Waals surface area contributed by atoms with Crippen molar-refractivity contribution >= 4 is 11.8 Å².